The van der Waals surface area contributed by atoms with Gasteiger partial charge in [0.2, 0.25) is 5.91 Å². The molecule has 5 rings (SSSR count). The lowest BCUT2D eigenvalue weighted by Gasteiger charge is -2.40. The number of hydrogen-bond donors (Lipinski definition) is 5. The van der Waals surface area contributed by atoms with Crippen LogP contribution in [0, 0.1) is 0 Å². The van der Waals surface area contributed by atoms with Gasteiger partial charge in [0, 0.05) is 46.1 Å². The maximum absolute atomic E-state index is 13.9. The Morgan fingerprint density at radius 1 is 1.17 bits per heavy atom. The number of aromatic nitrogens is 2. The van der Waals surface area contributed by atoms with Crippen LogP contribution in [0.2, 0.25) is 5.02 Å². The molecule has 1 fully saturated rings. The summed E-state index contributed by atoms with van der Waals surface area (Å²) in [7, 11) is 1.29. The fourth-order valence-electron chi connectivity index (χ4n) is 5.59. The zero-order chi connectivity index (χ0) is 31.9. The number of carbonyl (C=O) groups is 2. The van der Waals surface area contributed by atoms with Crippen molar-refractivity contribution in [1.82, 2.24) is 14.9 Å². The van der Waals surface area contributed by atoms with Crippen LogP contribution in [0.1, 0.15) is 41.8 Å². The number of amides is 2. The van der Waals surface area contributed by atoms with E-state index in [1.54, 1.807) is 48.7 Å². The van der Waals surface area contributed by atoms with E-state index in [1.807, 2.05) is 23.1 Å². The van der Waals surface area contributed by atoms with E-state index in [-0.39, 0.29) is 41.8 Å². The number of nitrogens with one attached hydrogen (secondary N) is 2. The third kappa shape index (κ3) is 7.78. The Balaban J connectivity index is 0.00000480. The number of anilines is 3. The standard InChI is InChI=1S/C32H34ClN9O3.HI/c1-45-32(44)39-23-11-12-25(26(34)17-23)27-18-37-31(40-27)30-24(20-6-3-2-4-7-20)8-5-15-41(30)29(43)14-9-21-16-22(33)10-13-28(21)42(36)19-38-35;/h2-4,6-7,9-14,16-19,24,30H,5,8,15,34-36H2,1H3,(H,37,40)(H,39,44);1H/b14-9+,38-19-;. The number of rotatable bonds is 8. The van der Waals surface area contributed by atoms with Gasteiger partial charge in [0.25, 0.3) is 0 Å². The zero-order valence-corrected chi connectivity index (χ0v) is 28.1. The Labute approximate surface area is 288 Å². The normalized spacial score (nSPS) is 16.3. The molecule has 240 valence electrons. The number of likely N-dealkylation sites (tertiary alicyclic amines) is 1. The van der Waals surface area contributed by atoms with Crippen molar-refractivity contribution in [2.24, 2.45) is 16.8 Å². The van der Waals surface area contributed by atoms with Gasteiger partial charge in [-0.15, -0.1) is 24.0 Å². The number of ether oxygens (including phenoxy) is 1. The minimum atomic E-state index is -0.592. The molecule has 0 radical (unpaired) electrons. The second kappa shape index (κ2) is 15.6. The third-order valence-corrected chi connectivity index (χ3v) is 7.89. The predicted octanol–water partition coefficient (Wildman–Crippen LogP) is 5.85. The minimum Gasteiger partial charge on any atom is -0.453 e. The van der Waals surface area contributed by atoms with Crippen LogP contribution in [0.3, 0.4) is 0 Å². The number of piperidine rings is 1. The summed E-state index contributed by atoms with van der Waals surface area (Å²) in [6.45, 7) is 0.536. The van der Waals surface area contributed by atoms with Gasteiger partial charge >= 0.3 is 6.09 Å². The summed E-state index contributed by atoms with van der Waals surface area (Å²) >= 11 is 6.26. The van der Waals surface area contributed by atoms with Crippen molar-refractivity contribution in [1.29, 1.82) is 0 Å². The number of nitrogen functional groups attached to an aromatic ring is 1. The molecule has 2 unspecified atom stereocenters. The quantitative estimate of drug-likeness (QED) is 0.0283. The first kappa shape index (κ1) is 34.3. The van der Waals surface area contributed by atoms with E-state index in [4.69, 9.17) is 34.0 Å². The molecule has 2 atom stereocenters. The topological polar surface area (TPSA) is 181 Å². The highest BCUT2D eigenvalue weighted by molar-refractivity contribution is 14.0. The van der Waals surface area contributed by atoms with Crippen molar-refractivity contribution in [3.63, 3.8) is 0 Å². The average Bonchev–Trinajstić information content (AvgIpc) is 3.53. The summed E-state index contributed by atoms with van der Waals surface area (Å²) in [5.41, 5.74) is 11.0. The number of carbonyl (C=O) groups excluding carboxylic acids is 2. The Morgan fingerprint density at radius 3 is 2.67 bits per heavy atom. The number of hydrazone groups is 1. The average molecular weight is 756 g/mol. The van der Waals surface area contributed by atoms with Crippen molar-refractivity contribution in [2.75, 3.05) is 29.7 Å². The van der Waals surface area contributed by atoms with Gasteiger partial charge in [-0.25, -0.2) is 15.6 Å². The van der Waals surface area contributed by atoms with Gasteiger partial charge in [-0.3, -0.25) is 15.1 Å². The van der Waals surface area contributed by atoms with Crippen molar-refractivity contribution < 1.29 is 14.3 Å². The molecule has 1 aliphatic heterocycles. The molecule has 14 heteroatoms. The molecule has 4 aromatic rings. The van der Waals surface area contributed by atoms with Crippen LogP contribution in [-0.4, -0.2) is 46.9 Å². The molecule has 0 bridgehead atoms. The van der Waals surface area contributed by atoms with Crippen molar-refractivity contribution >= 4 is 77.1 Å². The first-order valence-corrected chi connectivity index (χ1v) is 14.6. The number of imidazole rings is 1. The van der Waals surface area contributed by atoms with Gasteiger partial charge in [0.05, 0.1) is 30.7 Å². The molecule has 1 aliphatic rings. The number of nitrogens with two attached hydrogens (primary N) is 3. The van der Waals surface area contributed by atoms with Gasteiger partial charge in [-0.2, -0.15) is 5.10 Å². The number of methoxy groups -OCH3 is 1. The van der Waals surface area contributed by atoms with Gasteiger partial charge < -0.3 is 26.2 Å². The molecule has 1 aromatic heterocycles. The molecular weight excluding hydrogens is 721 g/mol. The van der Waals surface area contributed by atoms with Crippen LogP contribution in [0.5, 0.6) is 0 Å². The lowest BCUT2D eigenvalue weighted by molar-refractivity contribution is -0.130. The second-order valence-corrected chi connectivity index (χ2v) is 10.9. The van der Waals surface area contributed by atoms with Gasteiger partial charge in [0.15, 0.2) is 0 Å². The molecule has 2 heterocycles. The Hall–Kier alpha value is -4.60. The number of hydrazine groups is 1. The summed E-state index contributed by atoms with van der Waals surface area (Å²) < 4.78 is 4.66. The minimum absolute atomic E-state index is 0. The second-order valence-electron chi connectivity index (χ2n) is 10.4. The van der Waals surface area contributed by atoms with Crippen LogP contribution in [-0.2, 0) is 9.53 Å². The highest BCUT2D eigenvalue weighted by atomic mass is 127. The number of aromatic amines is 1. The van der Waals surface area contributed by atoms with Crippen LogP contribution in [0.4, 0.5) is 21.9 Å². The van der Waals surface area contributed by atoms with Gasteiger partial charge in [-0.05, 0) is 60.9 Å². The molecule has 0 spiro atoms. The number of nitrogens with zero attached hydrogens (tertiary/aromatic N) is 4. The Bertz CT molecular complexity index is 1730. The summed E-state index contributed by atoms with van der Waals surface area (Å²) in [5, 5.41) is 7.82. The highest BCUT2D eigenvalue weighted by Crippen LogP contribution is 2.42. The summed E-state index contributed by atoms with van der Waals surface area (Å²) in [4.78, 5) is 35.5. The molecule has 2 amide bonds. The first-order chi connectivity index (χ1) is 21.8. The maximum atomic E-state index is 13.9. The first-order valence-electron chi connectivity index (χ1n) is 14.2. The maximum Gasteiger partial charge on any atom is 0.411 e. The third-order valence-electron chi connectivity index (χ3n) is 7.66. The van der Waals surface area contributed by atoms with E-state index in [1.165, 1.54) is 24.5 Å². The largest absolute Gasteiger partial charge is 0.453 e. The monoisotopic (exact) mass is 755 g/mol. The summed E-state index contributed by atoms with van der Waals surface area (Å²) in [5.74, 6) is 11.8. The smallest absolute Gasteiger partial charge is 0.411 e. The van der Waals surface area contributed by atoms with Gasteiger partial charge in [0.1, 0.15) is 12.2 Å². The molecule has 0 aliphatic carbocycles. The summed E-state index contributed by atoms with van der Waals surface area (Å²) in [6.07, 6.45) is 7.25. The number of H-pyrrole nitrogens is 1. The van der Waals surface area contributed by atoms with E-state index < -0.39 is 6.09 Å². The zero-order valence-electron chi connectivity index (χ0n) is 25.0. The molecule has 12 nitrogen and oxygen atoms in total. The van der Waals surface area contributed by atoms with E-state index in [2.05, 4.69) is 32.3 Å². The van der Waals surface area contributed by atoms with Crippen LogP contribution < -0.4 is 27.7 Å². The fourth-order valence-corrected chi connectivity index (χ4v) is 5.77. The lowest BCUT2D eigenvalue weighted by atomic mass is 9.83. The van der Waals surface area contributed by atoms with Crippen molar-refractivity contribution in [3.05, 3.63) is 101 Å². The molecule has 8 N–H and O–H groups in total. The van der Waals surface area contributed by atoms with E-state index in [0.717, 1.165) is 18.4 Å². The highest BCUT2D eigenvalue weighted by Gasteiger charge is 2.37. The van der Waals surface area contributed by atoms with Crippen molar-refractivity contribution in [3.8, 4) is 11.3 Å². The van der Waals surface area contributed by atoms with E-state index in [9.17, 15) is 9.59 Å². The molecule has 46 heavy (non-hydrogen) atoms. The van der Waals surface area contributed by atoms with Crippen molar-refractivity contribution in [2.45, 2.75) is 24.8 Å². The van der Waals surface area contributed by atoms with Crippen LogP contribution in [0.15, 0.2) is 84.1 Å². The number of benzene rings is 3. The molecular formula is C32H35ClIN9O3. The van der Waals surface area contributed by atoms with Gasteiger partial charge in [-0.1, -0.05) is 41.9 Å². The number of halogens is 2. The molecule has 1 saturated heterocycles. The molecule has 3 aromatic carbocycles. The molecule has 0 saturated carbocycles. The summed E-state index contributed by atoms with van der Waals surface area (Å²) in [6, 6.07) is 20.0. The SMILES string of the molecule is COC(=O)Nc1ccc(-c2cnc(C3C(c4ccccc4)CCCN3C(=O)/C=C/c3cc(Cl)ccc3N(N)/C=N\N)[nH]2)c(N)c1.I. The Kier molecular flexibility index (Phi) is 11.6. The Morgan fingerprint density at radius 2 is 1.96 bits per heavy atom. The fraction of sp³-hybridized carbons (Fsp3) is 0.188. The number of hydrogen-bond acceptors (Lipinski definition) is 8. The van der Waals surface area contributed by atoms with Crippen LogP contribution in [0.25, 0.3) is 17.3 Å². The van der Waals surface area contributed by atoms with Crippen LogP contribution >= 0.6 is 35.6 Å². The van der Waals surface area contributed by atoms with E-state index in [0.29, 0.717) is 51.3 Å². The van der Waals surface area contributed by atoms with E-state index >= 15 is 0 Å². The predicted molar refractivity (Wildman–Crippen MR) is 193 cm³/mol. The lowest BCUT2D eigenvalue weighted by Crippen LogP contribution is -2.41.